The lowest BCUT2D eigenvalue weighted by Gasteiger charge is -2.20. The second kappa shape index (κ2) is 1.45. The number of fused-ring (bicyclic) bond motifs is 2. The lowest BCUT2D eigenvalue weighted by Crippen LogP contribution is -2.37. The van der Waals surface area contributed by atoms with Crippen molar-refractivity contribution in [3.8, 4) is 0 Å². The van der Waals surface area contributed by atoms with Crippen LogP contribution in [0.1, 0.15) is 19.3 Å². The maximum Gasteiger partial charge on any atom is 0.0244 e. The van der Waals surface area contributed by atoms with Gasteiger partial charge >= 0.3 is 0 Å². The molecule has 0 radical (unpaired) electrons. The van der Waals surface area contributed by atoms with Crippen molar-refractivity contribution < 1.29 is 0 Å². The van der Waals surface area contributed by atoms with Gasteiger partial charge in [0.2, 0.25) is 0 Å². The van der Waals surface area contributed by atoms with Gasteiger partial charge < -0.3 is 0 Å². The number of hydrogen-bond donors (Lipinski definition) is 1. The number of piperidine rings is 1. The highest BCUT2D eigenvalue weighted by atomic mass is 15.4. The first-order valence-corrected chi connectivity index (χ1v) is 3.37. The largest absolute Gasteiger partial charge is 0.269 e. The third-order valence-corrected chi connectivity index (χ3v) is 2.45. The summed E-state index contributed by atoms with van der Waals surface area (Å²) < 4.78 is 0. The van der Waals surface area contributed by atoms with E-state index >= 15 is 0 Å². The van der Waals surface area contributed by atoms with Gasteiger partial charge in [-0.2, -0.15) is 0 Å². The van der Waals surface area contributed by atoms with Gasteiger partial charge in [0.05, 0.1) is 0 Å². The van der Waals surface area contributed by atoms with Crippen LogP contribution in [0.15, 0.2) is 0 Å². The molecule has 1 heterocycles. The fourth-order valence-corrected chi connectivity index (χ4v) is 1.96. The molecule has 8 heavy (non-hydrogen) atoms. The zero-order valence-electron chi connectivity index (χ0n) is 5.01. The van der Waals surface area contributed by atoms with Gasteiger partial charge in [0, 0.05) is 12.6 Å². The van der Waals surface area contributed by atoms with E-state index in [-0.39, 0.29) is 0 Å². The molecule has 46 valence electrons. The SMILES string of the molecule is NN1C[C@@H]2CC[C@H]1C2. The molecule has 2 nitrogen and oxygen atoms in total. The summed E-state index contributed by atoms with van der Waals surface area (Å²) in [6.45, 7) is 1.16. The summed E-state index contributed by atoms with van der Waals surface area (Å²) in [6.07, 6.45) is 4.15. The summed E-state index contributed by atoms with van der Waals surface area (Å²) in [7, 11) is 0. The minimum absolute atomic E-state index is 0.750. The van der Waals surface area contributed by atoms with E-state index in [0.29, 0.717) is 0 Å². The Kier molecular flexibility index (Phi) is 0.866. The van der Waals surface area contributed by atoms with Gasteiger partial charge in [0.25, 0.3) is 0 Å². The molecule has 0 aromatic heterocycles. The first-order chi connectivity index (χ1) is 3.86. The number of nitrogens with zero attached hydrogens (tertiary/aromatic N) is 1. The first-order valence-electron chi connectivity index (χ1n) is 3.37. The molecule has 1 saturated heterocycles. The fourth-order valence-electron chi connectivity index (χ4n) is 1.96. The molecule has 0 aromatic carbocycles. The Bertz CT molecular complexity index is 101. The molecule has 1 aliphatic carbocycles. The summed E-state index contributed by atoms with van der Waals surface area (Å²) in [6, 6.07) is 0.750. The van der Waals surface area contributed by atoms with Crippen LogP contribution in [0, 0.1) is 5.92 Å². The summed E-state index contributed by atoms with van der Waals surface area (Å²) in [5.74, 6) is 6.60. The van der Waals surface area contributed by atoms with E-state index in [4.69, 9.17) is 5.84 Å². The average molecular weight is 112 g/mol. The minimum Gasteiger partial charge on any atom is -0.269 e. The number of hydrazine groups is 1. The summed E-state index contributed by atoms with van der Waals surface area (Å²) >= 11 is 0. The quantitative estimate of drug-likeness (QED) is 0.458. The number of rotatable bonds is 0. The topological polar surface area (TPSA) is 29.3 Å². The summed E-state index contributed by atoms with van der Waals surface area (Å²) in [5, 5.41) is 2.01. The Morgan fingerprint density at radius 3 is 2.50 bits per heavy atom. The Hall–Kier alpha value is -0.0800. The van der Waals surface area contributed by atoms with E-state index in [9.17, 15) is 0 Å². The van der Waals surface area contributed by atoms with Crippen LogP contribution in [0.3, 0.4) is 0 Å². The van der Waals surface area contributed by atoms with Crippen LogP contribution < -0.4 is 5.84 Å². The van der Waals surface area contributed by atoms with Crippen LogP contribution in [0.2, 0.25) is 0 Å². The Morgan fingerprint density at radius 1 is 1.38 bits per heavy atom. The lowest BCUT2D eigenvalue weighted by atomic mass is 10.1. The highest BCUT2D eigenvalue weighted by Crippen LogP contribution is 2.34. The molecule has 2 heteroatoms. The summed E-state index contributed by atoms with van der Waals surface area (Å²) in [5.41, 5.74) is 0. The van der Waals surface area contributed by atoms with Crippen molar-refractivity contribution in [3.63, 3.8) is 0 Å². The second-order valence-electron chi connectivity index (χ2n) is 3.03. The van der Waals surface area contributed by atoms with Crippen LogP contribution in [0.4, 0.5) is 0 Å². The van der Waals surface area contributed by atoms with Crippen molar-refractivity contribution in [2.45, 2.75) is 25.3 Å². The normalized spacial score (nSPS) is 46.1. The van der Waals surface area contributed by atoms with Crippen molar-refractivity contribution in [2.75, 3.05) is 6.54 Å². The molecule has 2 aliphatic rings. The predicted molar refractivity (Wildman–Crippen MR) is 32.0 cm³/mol. The molecule has 0 spiro atoms. The molecule has 2 atom stereocenters. The van der Waals surface area contributed by atoms with E-state index in [1.54, 1.807) is 0 Å². The van der Waals surface area contributed by atoms with Gasteiger partial charge in [-0.05, 0) is 25.2 Å². The highest BCUT2D eigenvalue weighted by Gasteiger charge is 2.35. The minimum atomic E-state index is 0.750. The maximum absolute atomic E-state index is 5.65. The van der Waals surface area contributed by atoms with Crippen LogP contribution in [-0.4, -0.2) is 17.6 Å². The fraction of sp³-hybridized carbons (Fsp3) is 1.00. The van der Waals surface area contributed by atoms with Gasteiger partial charge in [-0.15, -0.1) is 0 Å². The highest BCUT2D eigenvalue weighted by molar-refractivity contribution is 4.89. The van der Waals surface area contributed by atoms with Gasteiger partial charge in [-0.3, -0.25) is 5.84 Å². The van der Waals surface area contributed by atoms with Crippen molar-refractivity contribution >= 4 is 0 Å². The Morgan fingerprint density at radius 2 is 2.25 bits per heavy atom. The van der Waals surface area contributed by atoms with E-state index in [0.717, 1.165) is 18.5 Å². The molecule has 0 unspecified atom stereocenters. The van der Waals surface area contributed by atoms with Crippen molar-refractivity contribution in [1.82, 2.24) is 5.01 Å². The molecule has 2 bridgehead atoms. The molecular weight excluding hydrogens is 100 g/mol. The van der Waals surface area contributed by atoms with E-state index in [1.165, 1.54) is 19.3 Å². The van der Waals surface area contributed by atoms with E-state index < -0.39 is 0 Å². The summed E-state index contributed by atoms with van der Waals surface area (Å²) in [4.78, 5) is 0. The monoisotopic (exact) mass is 112 g/mol. The van der Waals surface area contributed by atoms with Gasteiger partial charge in [-0.1, -0.05) is 0 Å². The Labute approximate surface area is 49.6 Å². The molecule has 0 aromatic rings. The third kappa shape index (κ3) is 0.501. The standard InChI is InChI=1S/C6H12N2/c7-8-4-5-1-2-6(8)3-5/h5-6H,1-4,7H2/t5-,6+/m1/s1. The first kappa shape index (κ1) is 4.77. The van der Waals surface area contributed by atoms with Crippen molar-refractivity contribution in [1.29, 1.82) is 0 Å². The van der Waals surface area contributed by atoms with Crippen LogP contribution >= 0.6 is 0 Å². The molecule has 1 aliphatic heterocycles. The molecule has 2 fully saturated rings. The average Bonchev–Trinajstić information content (AvgIpc) is 2.23. The third-order valence-electron chi connectivity index (χ3n) is 2.45. The molecule has 1 saturated carbocycles. The Balaban J connectivity index is 2.11. The zero-order chi connectivity index (χ0) is 5.56. The molecule has 0 amide bonds. The van der Waals surface area contributed by atoms with Gasteiger partial charge in [0.1, 0.15) is 0 Å². The second-order valence-corrected chi connectivity index (χ2v) is 3.03. The molecule has 2 N–H and O–H groups in total. The maximum atomic E-state index is 5.65. The molecule has 2 rings (SSSR count). The molecular formula is C6H12N2. The van der Waals surface area contributed by atoms with Gasteiger partial charge in [0.15, 0.2) is 0 Å². The van der Waals surface area contributed by atoms with Gasteiger partial charge in [-0.25, -0.2) is 5.01 Å². The van der Waals surface area contributed by atoms with Crippen molar-refractivity contribution in [2.24, 2.45) is 11.8 Å². The van der Waals surface area contributed by atoms with Crippen LogP contribution in [-0.2, 0) is 0 Å². The lowest BCUT2D eigenvalue weighted by molar-refractivity contribution is 0.219. The smallest absolute Gasteiger partial charge is 0.0244 e. The number of nitrogens with two attached hydrogens (primary N) is 1. The number of hydrogen-bond acceptors (Lipinski definition) is 2. The van der Waals surface area contributed by atoms with Crippen LogP contribution in [0.25, 0.3) is 0 Å². The van der Waals surface area contributed by atoms with Crippen molar-refractivity contribution in [3.05, 3.63) is 0 Å². The van der Waals surface area contributed by atoms with E-state index in [2.05, 4.69) is 0 Å². The van der Waals surface area contributed by atoms with E-state index in [1.807, 2.05) is 5.01 Å². The van der Waals surface area contributed by atoms with Crippen LogP contribution in [0.5, 0.6) is 0 Å². The predicted octanol–water partition coefficient (Wildman–Crippen LogP) is 0.344. The zero-order valence-corrected chi connectivity index (χ0v) is 5.01.